The molecular weight excluding hydrogens is 162 g/mol. The van der Waals surface area contributed by atoms with E-state index in [0.717, 1.165) is 32.1 Å². The number of hydrogen-bond acceptors (Lipinski definition) is 2. The van der Waals surface area contributed by atoms with E-state index >= 15 is 0 Å². The summed E-state index contributed by atoms with van der Waals surface area (Å²) in [4.78, 5) is 0. The van der Waals surface area contributed by atoms with Crippen LogP contribution < -0.4 is 5.73 Å². The first kappa shape index (κ1) is 11.0. The van der Waals surface area contributed by atoms with E-state index in [1.54, 1.807) is 0 Å². The van der Waals surface area contributed by atoms with Crippen LogP contribution >= 0.6 is 0 Å². The fourth-order valence-corrected chi connectivity index (χ4v) is 2.22. The summed E-state index contributed by atoms with van der Waals surface area (Å²) in [6.07, 6.45) is 4.94. The Kier molecular flexibility index (Phi) is 4.20. The molecule has 0 amide bonds. The van der Waals surface area contributed by atoms with E-state index in [2.05, 4.69) is 13.8 Å². The van der Waals surface area contributed by atoms with Gasteiger partial charge in [0, 0.05) is 13.2 Å². The molecular formula is C11H23NO. The molecule has 1 aliphatic rings. The van der Waals surface area contributed by atoms with Crippen LogP contribution in [0.4, 0.5) is 0 Å². The number of ether oxygens (including phenoxy) is 1. The van der Waals surface area contributed by atoms with Gasteiger partial charge >= 0.3 is 0 Å². The average molecular weight is 185 g/mol. The van der Waals surface area contributed by atoms with Gasteiger partial charge in [-0.2, -0.15) is 0 Å². The van der Waals surface area contributed by atoms with Crippen molar-refractivity contribution in [2.24, 2.45) is 17.1 Å². The first-order chi connectivity index (χ1) is 6.14. The lowest BCUT2D eigenvalue weighted by Crippen LogP contribution is -2.24. The van der Waals surface area contributed by atoms with Crippen molar-refractivity contribution in [3.63, 3.8) is 0 Å². The van der Waals surface area contributed by atoms with E-state index < -0.39 is 0 Å². The van der Waals surface area contributed by atoms with Crippen LogP contribution in [0.3, 0.4) is 0 Å². The minimum atomic E-state index is 0.427. The van der Waals surface area contributed by atoms with Crippen molar-refractivity contribution in [1.29, 1.82) is 0 Å². The van der Waals surface area contributed by atoms with Crippen LogP contribution in [-0.4, -0.2) is 19.8 Å². The van der Waals surface area contributed by atoms with Crippen LogP contribution in [0.1, 0.15) is 39.5 Å². The molecule has 0 atom stereocenters. The molecule has 0 spiro atoms. The van der Waals surface area contributed by atoms with Crippen molar-refractivity contribution in [3.05, 3.63) is 0 Å². The smallest absolute Gasteiger partial charge is 0.0468 e. The van der Waals surface area contributed by atoms with Crippen LogP contribution in [0.15, 0.2) is 0 Å². The standard InChI is InChI=1S/C11H23NO/c1-11(2,5-6-12)9-10-3-7-13-8-4-10/h10H,3-9,12H2,1-2H3. The summed E-state index contributed by atoms with van der Waals surface area (Å²) < 4.78 is 5.35. The van der Waals surface area contributed by atoms with Crippen LogP contribution in [0.5, 0.6) is 0 Å². The first-order valence-corrected chi connectivity index (χ1v) is 5.42. The topological polar surface area (TPSA) is 35.2 Å². The molecule has 1 rings (SSSR count). The van der Waals surface area contributed by atoms with E-state index in [0.29, 0.717) is 5.41 Å². The highest BCUT2D eigenvalue weighted by Gasteiger charge is 2.23. The summed E-state index contributed by atoms with van der Waals surface area (Å²) >= 11 is 0. The largest absolute Gasteiger partial charge is 0.381 e. The molecule has 0 saturated carbocycles. The molecule has 1 aliphatic heterocycles. The van der Waals surface area contributed by atoms with E-state index in [-0.39, 0.29) is 0 Å². The Bertz CT molecular complexity index is 139. The van der Waals surface area contributed by atoms with Gasteiger partial charge in [-0.1, -0.05) is 13.8 Å². The highest BCUT2D eigenvalue weighted by molar-refractivity contribution is 4.75. The molecule has 78 valence electrons. The lowest BCUT2D eigenvalue weighted by atomic mass is 9.78. The Hall–Kier alpha value is -0.0800. The van der Waals surface area contributed by atoms with Crippen molar-refractivity contribution >= 4 is 0 Å². The third-order valence-corrected chi connectivity index (χ3v) is 3.00. The molecule has 2 N–H and O–H groups in total. The maximum atomic E-state index is 5.60. The highest BCUT2D eigenvalue weighted by Crippen LogP contribution is 2.32. The SMILES string of the molecule is CC(C)(CCN)CC1CCOCC1. The molecule has 2 heteroatoms. The zero-order valence-electron chi connectivity index (χ0n) is 9.01. The number of rotatable bonds is 4. The van der Waals surface area contributed by atoms with Crippen molar-refractivity contribution in [3.8, 4) is 0 Å². The zero-order chi connectivity index (χ0) is 9.73. The van der Waals surface area contributed by atoms with Gasteiger partial charge in [0.25, 0.3) is 0 Å². The predicted molar refractivity (Wildman–Crippen MR) is 55.6 cm³/mol. The third-order valence-electron chi connectivity index (χ3n) is 3.00. The molecule has 1 saturated heterocycles. The van der Waals surface area contributed by atoms with Gasteiger partial charge in [0.05, 0.1) is 0 Å². The van der Waals surface area contributed by atoms with Gasteiger partial charge in [-0.3, -0.25) is 0 Å². The van der Waals surface area contributed by atoms with E-state index in [1.807, 2.05) is 0 Å². The summed E-state index contributed by atoms with van der Waals surface area (Å²) in [5.41, 5.74) is 6.02. The maximum absolute atomic E-state index is 5.60. The molecule has 2 nitrogen and oxygen atoms in total. The molecule has 13 heavy (non-hydrogen) atoms. The fraction of sp³-hybridized carbons (Fsp3) is 1.00. The van der Waals surface area contributed by atoms with Gasteiger partial charge in [-0.15, -0.1) is 0 Å². The zero-order valence-corrected chi connectivity index (χ0v) is 9.01. The molecule has 1 heterocycles. The Labute approximate surface area is 81.8 Å². The molecule has 0 unspecified atom stereocenters. The van der Waals surface area contributed by atoms with Gasteiger partial charge < -0.3 is 10.5 Å². The summed E-state index contributed by atoms with van der Waals surface area (Å²) in [5, 5.41) is 0. The van der Waals surface area contributed by atoms with E-state index in [1.165, 1.54) is 19.3 Å². The summed E-state index contributed by atoms with van der Waals surface area (Å²) in [5.74, 6) is 0.871. The van der Waals surface area contributed by atoms with Gasteiger partial charge in [-0.25, -0.2) is 0 Å². The van der Waals surface area contributed by atoms with E-state index in [9.17, 15) is 0 Å². The molecule has 1 fully saturated rings. The van der Waals surface area contributed by atoms with Crippen LogP contribution in [0.25, 0.3) is 0 Å². The summed E-state index contributed by atoms with van der Waals surface area (Å²) in [7, 11) is 0. The van der Waals surface area contributed by atoms with Crippen molar-refractivity contribution in [2.45, 2.75) is 39.5 Å². The van der Waals surface area contributed by atoms with Gasteiger partial charge in [-0.05, 0) is 43.6 Å². The average Bonchev–Trinajstić information content (AvgIpc) is 2.04. The fourth-order valence-electron chi connectivity index (χ4n) is 2.22. The highest BCUT2D eigenvalue weighted by atomic mass is 16.5. The minimum Gasteiger partial charge on any atom is -0.381 e. The van der Waals surface area contributed by atoms with Gasteiger partial charge in [0.1, 0.15) is 0 Å². The van der Waals surface area contributed by atoms with Crippen LogP contribution in [0.2, 0.25) is 0 Å². The molecule has 0 aromatic rings. The lowest BCUT2D eigenvalue weighted by Gasteiger charge is -2.31. The summed E-state index contributed by atoms with van der Waals surface area (Å²) in [6, 6.07) is 0. The molecule has 0 aromatic heterocycles. The molecule has 0 aromatic carbocycles. The van der Waals surface area contributed by atoms with Gasteiger partial charge in [0.2, 0.25) is 0 Å². The second kappa shape index (κ2) is 4.97. The maximum Gasteiger partial charge on any atom is 0.0468 e. The van der Waals surface area contributed by atoms with Crippen molar-refractivity contribution < 1.29 is 4.74 Å². The van der Waals surface area contributed by atoms with Crippen molar-refractivity contribution in [1.82, 2.24) is 0 Å². The van der Waals surface area contributed by atoms with Gasteiger partial charge in [0.15, 0.2) is 0 Å². The molecule has 0 radical (unpaired) electrons. The third kappa shape index (κ3) is 4.10. The number of hydrogen-bond donors (Lipinski definition) is 1. The van der Waals surface area contributed by atoms with E-state index in [4.69, 9.17) is 10.5 Å². The monoisotopic (exact) mass is 185 g/mol. The predicted octanol–water partition coefficient (Wildman–Crippen LogP) is 2.18. The second-order valence-electron chi connectivity index (χ2n) is 4.96. The second-order valence-corrected chi connectivity index (χ2v) is 4.96. The first-order valence-electron chi connectivity index (χ1n) is 5.42. The van der Waals surface area contributed by atoms with Crippen LogP contribution in [0, 0.1) is 11.3 Å². The number of nitrogens with two attached hydrogens (primary N) is 1. The Morgan fingerprint density at radius 3 is 2.46 bits per heavy atom. The van der Waals surface area contributed by atoms with Crippen molar-refractivity contribution in [2.75, 3.05) is 19.8 Å². The Morgan fingerprint density at radius 1 is 1.31 bits per heavy atom. The Balaban J connectivity index is 2.28. The quantitative estimate of drug-likeness (QED) is 0.728. The lowest BCUT2D eigenvalue weighted by molar-refractivity contribution is 0.0505. The van der Waals surface area contributed by atoms with Crippen LogP contribution in [-0.2, 0) is 4.74 Å². The Morgan fingerprint density at radius 2 is 1.92 bits per heavy atom. The molecule has 0 bridgehead atoms. The summed E-state index contributed by atoms with van der Waals surface area (Å²) in [6.45, 7) is 7.40. The normalized spacial score (nSPS) is 20.5. The molecule has 0 aliphatic carbocycles. The minimum absolute atomic E-state index is 0.427.